The summed E-state index contributed by atoms with van der Waals surface area (Å²) in [6.07, 6.45) is 4.63. The fourth-order valence-electron chi connectivity index (χ4n) is 3.39. The second kappa shape index (κ2) is 6.18. The number of aryl methyl sites for hydroxylation is 1. The number of aromatic nitrogens is 2. The summed E-state index contributed by atoms with van der Waals surface area (Å²) in [5.41, 5.74) is 8.67. The van der Waals surface area contributed by atoms with Crippen LogP contribution in [-0.4, -0.2) is 27.8 Å². The average Bonchev–Trinajstić information content (AvgIpc) is 2.73. The van der Waals surface area contributed by atoms with Crippen molar-refractivity contribution in [2.75, 3.05) is 6.54 Å². The molecule has 1 aliphatic carbocycles. The second-order valence-electron chi connectivity index (χ2n) is 6.36. The number of nitrogens with two attached hydrogens (primary N) is 1. The Balaban J connectivity index is 2.26. The molecular weight excluding hydrogens is 264 g/mol. The zero-order chi connectivity index (χ0) is 15.6. The lowest BCUT2D eigenvalue weighted by Crippen LogP contribution is -2.58. The molecule has 21 heavy (non-hydrogen) atoms. The highest BCUT2D eigenvalue weighted by atomic mass is 16.1. The molecule has 1 aromatic rings. The molecule has 0 spiro atoms. The molecule has 1 aromatic heterocycles. The van der Waals surface area contributed by atoms with Crippen molar-refractivity contribution < 1.29 is 4.79 Å². The van der Waals surface area contributed by atoms with Crippen LogP contribution in [0.15, 0.2) is 0 Å². The van der Waals surface area contributed by atoms with E-state index in [-0.39, 0.29) is 11.9 Å². The fraction of sp³-hybridized carbons (Fsp3) is 0.750. The molecule has 5 nitrogen and oxygen atoms in total. The topological polar surface area (TPSA) is 72.9 Å². The van der Waals surface area contributed by atoms with Gasteiger partial charge in [-0.05, 0) is 65.0 Å². The standard InChI is InChI=1S/C16H28N4O/c1-5-9-18-16(15(17)21)8-6-7-14(10-16)20-13(4)11(2)12(3)19-20/h14,18H,5-10H2,1-4H3,(H2,17,21). The largest absolute Gasteiger partial charge is 0.368 e. The highest BCUT2D eigenvalue weighted by Gasteiger charge is 2.42. The predicted octanol–water partition coefficient (Wildman–Crippen LogP) is 2.15. The van der Waals surface area contributed by atoms with Gasteiger partial charge in [0.25, 0.3) is 0 Å². The Kier molecular flexibility index (Phi) is 4.71. The second-order valence-corrected chi connectivity index (χ2v) is 6.36. The van der Waals surface area contributed by atoms with Crippen LogP contribution in [0, 0.1) is 20.8 Å². The number of amides is 1. The minimum atomic E-state index is -0.570. The number of rotatable bonds is 5. The zero-order valence-electron chi connectivity index (χ0n) is 13.7. The smallest absolute Gasteiger partial charge is 0.237 e. The number of primary amides is 1. The summed E-state index contributed by atoms with van der Waals surface area (Å²) in [6.45, 7) is 9.18. The number of hydrogen-bond donors (Lipinski definition) is 2. The van der Waals surface area contributed by atoms with Crippen LogP contribution in [0.25, 0.3) is 0 Å². The highest BCUT2D eigenvalue weighted by Crippen LogP contribution is 2.36. The molecule has 0 radical (unpaired) electrons. The third kappa shape index (κ3) is 2.98. The molecule has 0 saturated heterocycles. The lowest BCUT2D eigenvalue weighted by molar-refractivity contribution is -0.126. The van der Waals surface area contributed by atoms with Gasteiger partial charge in [0.1, 0.15) is 0 Å². The molecule has 1 fully saturated rings. The van der Waals surface area contributed by atoms with Crippen LogP contribution in [0.4, 0.5) is 0 Å². The molecule has 2 unspecified atom stereocenters. The molecule has 1 amide bonds. The lowest BCUT2D eigenvalue weighted by atomic mass is 9.78. The fourth-order valence-corrected chi connectivity index (χ4v) is 3.39. The van der Waals surface area contributed by atoms with Gasteiger partial charge in [-0.25, -0.2) is 0 Å². The van der Waals surface area contributed by atoms with Crippen molar-refractivity contribution in [3.63, 3.8) is 0 Å². The first-order valence-corrected chi connectivity index (χ1v) is 7.98. The molecule has 3 N–H and O–H groups in total. The Bertz CT molecular complexity index is 523. The molecule has 2 rings (SSSR count). The van der Waals surface area contributed by atoms with Crippen molar-refractivity contribution in [3.05, 3.63) is 17.0 Å². The molecule has 2 atom stereocenters. The van der Waals surface area contributed by atoms with Crippen molar-refractivity contribution in [1.82, 2.24) is 15.1 Å². The average molecular weight is 292 g/mol. The lowest BCUT2D eigenvalue weighted by Gasteiger charge is -2.39. The van der Waals surface area contributed by atoms with E-state index < -0.39 is 5.54 Å². The van der Waals surface area contributed by atoms with E-state index in [1.54, 1.807) is 0 Å². The Morgan fingerprint density at radius 3 is 2.71 bits per heavy atom. The van der Waals surface area contributed by atoms with Crippen molar-refractivity contribution in [1.29, 1.82) is 0 Å². The third-order valence-corrected chi connectivity index (χ3v) is 4.94. The minimum absolute atomic E-state index is 0.223. The SMILES string of the molecule is CCCNC1(C(N)=O)CCCC(n2nc(C)c(C)c2C)C1. The van der Waals surface area contributed by atoms with E-state index in [1.807, 2.05) is 6.92 Å². The van der Waals surface area contributed by atoms with Crippen LogP contribution < -0.4 is 11.1 Å². The first-order chi connectivity index (χ1) is 9.91. The Labute approximate surface area is 127 Å². The van der Waals surface area contributed by atoms with Gasteiger partial charge in [0, 0.05) is 5.69 Å². The van der Waals surface area contributed by atoms with E-state index in [9.17, 15) is 4.79 Å². The maximum atomic E-state index is 12.0. The summed E-state index contributed by atoms with van der Waals surface area (Å²) in [5, 5.41) is 8.08. The van der Waals surface area contributed by atoms with E-state index in [0.717, 1.165) is 44.3 Å². The summed E-state index contributed by atoms with van der Waals surface area (Å²) in [6, 6.07) is 0.253. The molecule has 118 valence electrons. The van der Waals surface area contributed by atoms with E-state index in [4.69, 9.17) is 5.73 Å². The van der Waals surface area contributed by atoms with Crippen LogP contribution in [0.3, 0.4) is 0 Å². The summed E-state index contributed by atoms with van der Waals surface area (Å²) in [7, 11) is 0. The van der Waals surface area contributed by atoms with E-state index in [2.05, 4.69) is 35.9 Å². The van der Waals surface area contributed by atoms with Gasteiger partial charge in [-0.3, -0.25) is 9.48 Å². The van der Waals surface area contributed by atoms with Gasteiger partial charge in [0.15, 0.2) is 0 Å². The quantitative estimate of drug-likeness (QED) is 0.873. The van der Waals surface area contributed by atoms with Gasteiger partial charge < -0.3 is 11.1 Å². The molecule has 1 aliphatic rings. The molecule has 1 heterocycles. The van der Waals surface area contributed by atoms with E-state index in [0.29, 0.717) is 0 Å². The van der Waals surface area contributed by atoms with Crippen molar-refractivity contribution in [3.8, 4) is 0 Å². The first-order valence-electron chi connectivity index (χ1n) is 7.98. The zero-order valence-corrected chi connectivity index (χ0v) is 13.7. The summed E-state index contributed by atoms with van der Waals surface area (Å²) in [4.78, 5) is 12.0. The van der Waals surface area contributed by atoms with Crippen LogP contribution in [-0.2, 0) is 4.79 Å². The van der Waals surface area contributed by atoms with Crippen molar-refractivity contribution >= 4 is 5.91 Å². The van der Waals surface area contributed by atoms with Crippen molar-refractivity contribution in [2.45, 2.75) is 71.4 Å². The number of nitrogens with one attached hydrogen (secondary N) is 1. The summed E-state index contributed by atoms with van der Waals surface area (Å²) in [5.74, 6) is -0.223. The Morgan fingerprint density at radius 1 is 1.48 bits per heavy atom. The van der Waals surface area contributed by atoms with E-state index in [1.165, 1.54) is 11.3 Å². The number of hydrogen-bond acceptors (Lipinski definition) is 3. The van der Waals surface area contributed by atoms with Crippen LogP contribution in [0.1, 0.15) is 62.0 Å². The van der Waals surface area contributed by atoms with Crippen LogP contribution in [0.5, 0.6) is 0 Å². The third-order valence-electron chi connectivity index (χ3n) is 4.94. The predicted molar refractivity (Wildman–Crippen MR) is 84.2 cm³/mol. The normalized spacial score (nSPS) is 26.0. The van der Waals surface area contributed by atoms with Gasteiger partial charge in [-0.2, -0.15) is 5.10 Å². The first kappa shape index (κ1) is 16.0. The Hall–Kier alpha value is -1.36. The maximum absolute atomic E-state index is 12.0. The van der Waals surface area contributed by atoms with Gasteiger partial charge in [0.05, 0.1) is 17.3 Å². The van der Waals surface area contributed by atoms with Crippen molar-refractivity contribution in [2.24, 2.45) is 5.73 Å². The van der Waals surface area contributed by atoms with Gasteiger partial charge in [-0.1, -0.05) is 6.92 Å². The highest BCUT2D eigenvalue weighted by molar-refractivity contribution is 5.84. The monoisotopic (exact) mass is 292 g/mol. The molecule has 0 aliphatic heterocycles. The molecular formula is C16H28N4O. The minimum Gasteiger partial charge on any atom is -0.368 e. The van der Waals surface area contributed by atoms with Crippen LogP contribution in [0.2, 0.25) is 0 Å². The van der Waals surface area contributed by atoms with Gasteiger partial charge >= 0.3 is 0 Å². The number of nitrogens with zero attached hydrogens (tertiary/aromatic N) is 2. The molecule has 0 aromatic carbocycles. The molecule has 1 saturated carbocycles. The van der Waals surface area contributed by atoms with E-state index >= 15 is 0 Å². The molecule has 5 heteroatoms. The Morgan fingerprint density at radius 2 is 2.19 bits per heavy atom. The number of carbonyl (C=O) groups excluding carboxylic acids is 1. The number of carbonyl (C=O) groups is 1. The molecule has 0 bridgehead atoms. The van der Waals surface area contributed by atoms with Crippen LogP contribution >= 0.6 is 0 Å². The van der Waals surface area contributed by atoms with Gasteiger partial charge in [0.2, 0.25) is 5.91 Å². The van der Waals surface area contributed by atoms with Gasteiger partial charge in [-0.15, -0.1) is 0 Å². The summed E-state index contributed by atoms with van der Waals surface area (Å²) < 4.78 is 2.11. The summed E-state index contributed by atoms with van der Waals surface area (Å²) >= 11 is 0. The maximum Gasteiger partial charge on any atom is 0.237 e.